The number of hydrogen-bond donors (Lipinski definition) is 0. The third kappa shape index (κ3) is 2.73. The number of nitriles is 1. The lowest BCUT2D eigenvalue weighted by Crippen LogP contribution is -2.31. The van der Waals surface area contributed by atoms with Gasteiger partial charge in [0.1, 0.15) is 0 Å². The quantitative estimate of drug-likeness (QED) is 0.699. The molecule has 94 valence electrons. The summed E-state index contributed by atoms with van der Waals surface area (Å²) in [6.07, 6.45) is 3.48. The highest BCUT2D eigenvalue weighted by Crippen LogP contribution is 2.31. The van der Waals surface area contributed by atoms with Gasteiger partial charge in [0.05, 0.1) is 11.6 Å². The lowest BCUT2D eigenvalue weighted by Gasteiger charge is -2.33. The third-order valence-corrected chi connectivity index (χ3v) is 3.53. The van der Waals surface area contributed by atoms with E-state index in [0.29, 0.717) is 0 Å². The van der Waals surface area contributed by atoms with Gasteiger partial charge in [0.15, 0.2) is 0 Å². The number of rotatable bonds is 1. The fourth-order valence-electron chi connectivity index (χ4n) is 2.33. The fourth-order valence-corrected chi connectivity index (χ4v) is 2.33. The van der Waals surface area contributed by atoms with Gasteiger partial charge in [-0.3, -0.25) is 0 Å². The summed E-state index contributed by atoms with van der Waals surface area (Å²) in [6, 6.07) is 10.0. The maximum absolute atomic E-state index is 8.79. The summed E-state index contributed by atoms with van der Waals surface area (Å²) in [5, 5.41) is 8.79. The first-order valence-electron chi connectivity index (χ1n) is 6.45. The SMILES string of the molecule is CC(C)(C)C1=CCN(c2ccc(C#N)cc2)CC1. The summed E-state index contributed by atoms with van der Waals surface area (Å²) in [7, 11) is 0. The van der Waals surface area contributed by atoms with Crippen LogP contribution in [0.25, 0.3) is 0 Å². The first kappa shape index (κ1) is 12.7. The Morgan fingerprint density at radius 1 is 1.17 bits per heavy atom. The molecule has 0 spiro atoms. The summed E-state index contributed by atoms with van der Waals surface area (Å²) in [5.41, 5.74) is 3.77. The highest BCUT2D eigenvalue weighted by atomic mass is 15.1. The molecule has 0 N–H and O–H groups in total. The summed E-state index contributed by atoms with van der Waals surface area (Å²) < 4.78 is 0. The van der Waals surface area contributed by atoms with E-state index in [1.807, 2.05) is 24.3 Å². The normalized spacial score (nSPS) is 16.1. The molecule has 2 heteroatoms. The molecule has 18 heavy (non-hydrogen) atoms. The van der Waals surface area contributed by atoms with Crippen LogP contribution in [0.15, 0.2) is 35.9 Å². The minimum atomic E-state index is 0.288. The summed E-state index contributed by atoms with van der Waals surface area (Å²) in [6.45, 7) is 8.86. The molecule has 0 aromatic heterocycles. The van der Waals surface area contributed by atoms with Gasteiger partial charge in [0, 0.05) is 18.8 Å². The Hall–Kier alpha value is -1.75. The molecule has 0 unspecified atom stereocenters. The molecule has 0 aliphatic carbocycles. The molecule has 0 saturated heterocycles. The summed E-state index contributed by atoms with van der Waals surface area (Å²) in [4.78, 5) is 2.36. The van der Waals surface area contributed by atoms with Crippen molar-refractivity contribution in [3.63, 3.8) is 0 Å². The van der Waals surface area contributed by atoms with Gasteiger partial charge in [-0.25, -0.2) is 0 Å². The smallest absolute Gasteiger partial charge is 0.0991 e. The Kier molecular flexibility index (Phi) is 3.43. The van der Waals surface area contributed by atoms with E-state index in [-0.39, 0.29) is 5.41 Å². The minimum Gasteiger partial charge on any atom is -0.367 e. The first-order chi connectivity index (χ1) is 8.50. The molecule has 2 rings (SSSR count). The van der Waals surface area contributed by atoms with E-state index >= 15 is 0 Å². The molecule has 0 atom stereocenters. The number of anilines is 1. The number of nitrogens with zero attached hydrogens (tertiary/aromatic N) is 2. The van der Waals surface area contributed by atoms with Crippen LogP contribution >= 0.6 is 0 Å². The Labute approximate surface area is 110 Å². The van der Waals surface area contributed by atoms with Crippen molar-refractivity contribution in [2.45, 2.75) is 27.2 Å². The number of benzene rings is 1. The first-order valence-corrected chi connectivity index (χ1v) is 6.45. The average molecular weight is 240 g/mol. The van der Waals surface area contributed by atoms with Crippen molar-refractivity contribution in [2.24, 2.45) is 5.41 Å². The third-order valence-electron chi connectivity index (χ3n) is 3.53. The van der Waals surface area contributed by atoms with E-state index in [0.717, 1.165) is 25.1 Å². The van der Waals surface area contributed by atoms with Gasteiger partial charge in [0.25, 0.3) is 0 Å². The van der Waals surface area contributed by atoms with E-state index in [9.17, 15) is 0 Å². The van der Waals surface area contributed by atoms with Crippen LogP contribution in [0.3, 0.4) is 0 Å². The van der Waals surface area contributed by atoms with Gasteiger partial charge >= 0.3 is 0 Å². The zero-order valence-electron chi connectivity index (χ0n) is 11.4. The van der Waals surface area contributed by atoms with E-state index in [4.69, 9.17) is 5.26 Å². The molecule has 0 saturated carbocycles. The molecular formula is C16H20N2. The molecule has 1 aliphatic rings. The summed E-state index contributed by atoms with van der Waals surface area (Å²) in [5.74, 6) is 0. The molecule has 0 amide bonds. The average Bonchev–Trinajstić information content (AvgIpc) is 2.38. The maximum Gasteiger partial charge on any atom is 0.0991 e. The van der Waals surface area contributed by atoms with Gasteiger partial charge in [-0.1, -0.05) is 32.4 Å². The molecular weight excluding hydrogens is 220 g/mol. The van der Waals surface area contributed by atoms with Crippen LogP contribution in [0.2, 0.25) is 0 Å². The molecule has 0 radical (unpaired) electrons. The van der Waals surface area contributed by atoms with E-state index in [1.54, 1.807) is 5.57 Å². The van der Waals surface area contributed by atoms with Crippen LogP contribution in [0.4, 0.5) is 5.69 Å². The fraction of sp³-hybridized carbons (Fsp3) is 0.438. The Bertz CT molecular complexity index is 483. The highest BCUT2D eigenvalue weighted by molar-refractivity contribution is 5.51. The topological polar surface area (TPSA) is 27.0 Å². The molecule has 1 aromatic carbocycles. The predicted octanol–water partition coefficient (Wildman–Crippen LogP) is 3.74. The van der Waals surface area contributed by atoms with Crippen LogP contribution in [0, 0.1) is 16.7 Å². The van der Waals surface area contributed by atoms with Gasteiger partial charge in [0.2, 0.25) is 0 Å². The predicted molar refractivity (Wildman–Crippen MR) is 75.5 cm³/mol. The second-order valence-electron chi connectivity index (χ2n) is 5.83. The minimum absolute atomic E-state index is 0.288. The lowest BCUT2D eigenvalue weighted by molar-refractivity contribution is 0.472. The van der Waals surface area contributed by atoms with Crippen molar-refractivity contribution in [2.75, 3.05) is 18.0 Å². The Morgan fingerprint density at radius 2 is 1.83 bits per heavy atom. The Balaban J connectivity index is 2.10. The molecule has 0 bridgehead atoms. The van der Waals surface area contributed by atoms with Crippen molar-refractivity contribution < 1.29 is 0 Å². The standard InChI is InChI=1S/C16H20N2/c1-16(2,3)14-8-10-18(11-9-14)15-6-4-13(12-17)5-7-15/h4-8H,9-11H2,1-3H3. The van der Waals surface area contributed by atoms with Gasteiger partial charge in [-0.15, -0.1) is 0 Å². The second kappa shape index (κ2) is 4.86. The lowest BCUT2D eigenvalue weighted by atomic mass is 9.83. The number of hydrogen-bond acceptors (Lipinski definition) is 2. The summed E-state index contributed by atoms with van der Waals surface area (Å²) >= 11 is 0. The van der Waals surface area contributed by atoms with Crippen molar-refractivity contribution in [1.29, 1.82) is 5.26 Å². The van der Waals surface area contributed by atoms with Gasteiger partial charge in [-0.05, 0) is 36.1 Å². The van der Waals surface area contributed by atoms with E-state index in [1.165, 1.54) is 5.69 Å². The van der Waals surface area contributed by atoms with Crippen LogP contribution in [-0.4, -0.2) is 13.1 Å². The molecule has 0 fully saturated rings. The zero-order valence-corrected chi connectivity index (χ0v) is 11.4. The van der Waals surface area contributed by atoms with Crippen LogP contribution in [0.1, 0.15) is 32.8 Å². The molecule has 1 aliphatic heterocycles. The van der Waals surface area contributed by atoms with Crippen molar-refractivity contribution in [3.05, 3.63) is 41.5 Å². The van der Waals surface area contributed by atoms with Crippen LogP contribution in [0.5, 0.6) is 0 Å². The van der Waals surface area contributed by atoms with Crippen molar-refractivity contribution in [1.82, 2.24) is 0 Å². The van der Waals surface area contributed by atoms with Crippen molar-refractivity contribution >= 4 is 5.69 Å². The highest BCUT2D eigenvalue weighted by Gasteiger charge is 2.21. The largest absolute Gasteiger partial charge is 0.367 e. The van der Waals surface area contributed by atoms with E-state index < -0.39 is 0 Å². The molecule has 2 nitrogen and oxygen atoms in total. The zero-order chi connectivity index (χ0) is 13.2. The molecule has 1 heterocycles. The van der Waals surface area contributed by atoms with Crippen LogP contribution < -0.4 is 4.90 Å². The Morgan fingerprint density at radius 3 is 2.28 bits per heavy atom. The van der Waals surface area contributed by atoms with Crippen molar-refractivity contribution in [3.8, 4) is 6.07 Å². The van der Waals surface area contributed by atoms with E-state index in [2.05, 4.69) is 37.8 Å². The maximum atomic E-state index is 8.79. The van der Waals surface area contributed by atoms with Gasteiger partial charge < -0.3 is 4.90 Å². The van der Waals surface area contributed by atoms with Crippen LogP contribution in [-0.2, 0) is 0 Å². The second-order valence-corrected chi connectivity index (χ2v) is 5.83. The molecule has 1 aromatic rings. The van der Waals surface area contributed by atoms with Gasteiger partial charge in [-0.2, -0.15) is 5.26 Å². The monoisotopic (exact) mass is 240 g/mol.